The molecule has 3 aromatic rings. The van der Waals surface area contributed by atoms with Gasteiger partial charge in [0.2, 0.25) is 0 Å². The van der Waals surface area contributed by atoms with Crippen LogP contribution in [-0.2, 0) is 0 Å². The van der Waals surface area contributed by atoms with Gasteiger partial charge in [0, 0.05) is 5.69 Å². The molecule has 4 nitrogen and oxygen atoms in total. The van der Waals surface area contributed by atoms with Crippen LogP contribution in [-0.4, -0.2) is 15.7 Å². The maximum atomic E-state index is 13.0. The number of nitrogens with zero attached hydrogens (tertiary/aromatic N) is 2. The van der Waals surface area contributed by atoms with Crippen LogP contribution in [0.2, 0.25) is 5.15 Å². The number of nitrogens with one attached hydrogen (secondary N) is 1. The number of amides is 1. The first-order valence-corrected chi connectivity index (χ1v) is 7.31. The molecule has 0 fully saturated rings. The summed E-state index contributed by atoms with van der Waals surface area (Å²) in [7, 11) is 0. The first-order valence-electron chi connectivity index (χ1n) is 6.93. The van der Waals surface area contributed by atoms with E-state index in [0.29, 0.717) is 22.6 Å². The average molecular weight is 330 g/mol. The van der Waals surface area contributed by atoms with Crippen LogP contribution in [0.4, 0.5) is 10.1 Å². The van der Waals surface area contributed by atoms with Crippen LogP contribution in [0.1, 0.15) is 16.1 Å². The summed E-state index contributed by atoms with van der Waals surface area (Å²) in [5.74, 6) is -0.692. The second kappa shape index (κ2) is 6.22. The van der Waals surface area contributed by atoms with Crippen LogP contribution < -0.4 is 5.32 Å². The van der Waals surface area contributed by atoms with Gasteiger partial charge in [-0.2, -0.15) is 5.10 Å². The SMILES string of the molecule is Cc1nn(-c2ccc(F)cc2)c(Cl)c1C(=O)Nc1ccccc1. The number of rotatable bonds is 3. The number of hydrogen-bond acceptors (Lipinski definition) is 2. The normalized spacial score (nSPS) is 10.6. The predicted octanol–water partition coefficient (Wildman–Crippen LogP) is 4.23. The van der Waals surface area contributed by atoms with Gasteiger partial charge in [-0.3, -0.25) is 4.79 Å². The number of carbonyl (C=O) groups is 1. The van der Waals surface area contributed by atoms with E-state index >= 15 is 0 Å². The highest BCUT2D eigenvalue weighted by Crippen LogP contribution is 2.24. The Kier molecular flexibility index (Phi) is 4.12. The zero-order chi connectivity index (χ0) is 16.4. The molecule has 0 spiro atoms. The minimum atomic E-state index is -0.351. The van der Waals surface area contributed by atoms with Gasteiger partial charge >= 0.3 is 0 Å². The summed E-state index contributed by atoms with van der Waals surface area (Å²) in [6, 6.07) is 14.8. The van der Waals surface area contributed by atoms with Crippen LogP contribution in [0.15, 0.2) is 54.6 Å². The molecule has 2 aromatic carbocycles. The molecule has 3 rings (SSSR count). The van der Waals surface area contributed by atoms with Crippen LogP contribution >= 0.6 is 11.6 Å². The number of para-hydroxylation sites is 1. The molecule has 0 aliphatic rings. The van der Waals surface area contributed by atoms with Crippen LogP contribution in [0.3, 0.4) is 0 Å². The summed E-state index contributed by atoms with van der Waals surface area (Å²) in [6.45, 7) is 1.70. The fourth-order valence-corrected chi connectivity index (χ4v) is 2.58. The Hall–Kier alpha value is -2.66. The first-order chi connectivity index (χ1) is 11.1. The van der Waals surface area contributed by atoms with E-state index in [1.807, 2.05) is 18.2 Å². The highest BCUT2D eigenvalue weighted by atomic mass is 35.5. The van der Waals surface area contributed by atoms with Crippen molar-refractivity contribution in [3.05, 3.63) is 76.8 Å². The molecular weight excluding hydrogens is 317 g/mol. The summed E-state index contributed by atoms with van der Waals surface area (Å²) < 4.78 is 14.4. The van der Waals surface area contributed by atoms with E-state index in [9.17, 15) is 9.18 Å². The zero-order valence-corrected chi connectivity index (χ0v) is 13.0. The van der Waals surface area contributed by atoms with Gasteiger partial charge in [-0.05, 0) is 43.3 Å². The predicted molar refractivity (Wildman–Crippen MR) is 87.7 cm³/mol. The standard InChI is InChI=1S/C17H13ClFN3O/c1-11-15(17(23)20-13-5-3-2-4-6-13)16(18)22(21-11)14-9-7-12(19)8-10-14/h2-10H,1H3,(H,20,23). The summed E-state index contributed by atoms with van der Waals surface area (Å²) in [5, 5.41) is 7.23. The number of aromatic nitrogens is 2. The van der Waals surface area contributed by atoms with Crippen molar-refractivity contribution in [2.75, 3.05) is 5.32 Å². The molecule has 0 bridgehead atoms. The van der Waals surface area contributed by atoms with Crippen molar-refractivity contribution in [2.45, 2.75) is 6.92 Å². The highest BCUT2D eigenvalue weighted by molar-refractivity contribution is 6.34. The minimum Gasteiger partial charge on any atom is -0.322 e. The second-order valence-corrected chi connectivity index (χ2v) is 5.32. The molecule has 23 heavy (non-hydrogen) atoms. The lowest BCUT2D eigenvalue weighted by Gasteiger charge is -2.05. The van der Waals surface area contributed by atoms with E-state index in [0.717, 1.165) is 0 Å². The van der Waals surface area contributed by atoms with Gasteiger partial charge in [0.1, 0.15) is 16.5 Å². The number of halogens is 2. The Morgan fingerprint density at radius 2 is 1.78 bits per heavy atom. The topological polar surface area (TPSA) is 46.9 Å². The van der Waals surface area contributed by atoms with Gasteiger partial charge < -0.3 is 5.32 Å². The number of anilines is 1. The Balaban J connectivity index is 1.94. The van der Waals surface area contributed by atoms with Crippen molar-refractivity contribution >= 4 is 23.2 Å². The van der Waals surface area contributed by atoms with Crippen molar-refractivity contribution in [3.63, 3.8) is 0 Å². The van der Waals surface area contributed by atoms with Crippen molar-refractivity contribution in [3.8, 4) is 5.69 Å². The average Bonchev–Trinajstić information content (AvgIpc) is 2.84. The van der Waals surface area contributed by atoms with Gasteiger partial charge in [0.15, 0.2) is 0 Å². The Morgan fingerprint density at radius 3 is 2.43 bits per heavy atom. The number of aryl methyl sites for hydroxylation is 1. The van der Waals surface area contributed by atoms with Crippen molar-refractivity contribution in [1.29, 1.82) is 0 Å². The van der Waals surface area contributed by atoms with Gasteiger partial charge in [0.05, 0.1) is 11.4 Å². The fraction of sp³-hybridized carbons (Fsp3) is 0.0588. The van der Waals surface area contributed by atoms with Crippen LogP contribution in [0.25, 0.3) is 5.69 Å². The molecule has 1 N–H and O–H groups in total. The molecule has 0 atom stereocenters. The van der Waals surface area contributed by atoms with E-state index in [4.69, 9.17) is 11.6 Å². The second-order valence-electron chi connectivity index (χ2n) is 4.96. The molecule has 6 heteroatoms. The van der Waals surface area contributed by atoms with Crippen molar-refractivity contribution in [1.82, 2.24) is 9.78 Å². The Bertz CT molecular complexity index is 844. The highest BCUT2D eigenvalue weighted by Gasteiger charge is 2.21. The molecule has 1 heterocycles. The molecule has 0 saturated heterocycles. The van der Waals surface area contributed by atoms with Gasteiger partial charge in [-0.1, -0.05) is 29.8 Å². The molecule has 0 saturated carbocycles. The lowest BCUT2D eigenvalue weighted by atomic mass is 10.2. The third-order valence-corrected chi connectivity index (χ3v) is 3.68. The van der Waals surface area contributed by atoms with Crippen LogP contribution in [0.5, 0.6) is 0 Å². The molecule has 0 aliphatic heterocycles. The van der Waals surface area contributed by atoms with Gasteiger partial charge in [-0.15, -0.1) is 0 Å². The molecule has 0 radical (unpaired) electrons. The van der Waals surface area contributed by atoms with E-state index in [2.05, 4.69) is 10.4 Å². The van der Waals surface area contributed by atoms with E-state index in [-0.39, 0.29) is 16.9 Å². The summed E-state index contributed by atoms with van der Waals surface area (Å²) in [6.07, 6.45) is 0. The van der Waals surface area contributed by atoms with Crippen LogP contribution in [0, 0.1) is 12.7 Å². The molecular formula is C17H13ClFN3O. The zero-order valence-electron chi connectivity index (χ0n) is 12.3. The molecule has 1 amide bonds. The molecule has 0 unspecified atom stereocenters. The number of benzene rings is 2. The first kappa shape index (κ1) is 15.2. The summed E-state index contributed by atoms with van der Waals surface area (Å²) >= 11 is 6.31. The number of hydrogen-bond donors (Lipinski definition) is 1. The maximum Gasteiger partial charge on any atom is 0.260 e. The van der Waals surface area contributed by atoms with E-state index < -0.39 is 0 Å². The smallest absolute Gasteiger partial charge is 0.260 e. The molecule has 0 aliphatic carbocycles. The van der Waals surface area contributed by atoms with E-state index in [1.165, 1.54) is 16.8 Å². The monoisotopic (exact) mass is 329 g/mol. The van der Waals surface area contributed by atoms with Crippen molar-refractivity contribution < 1.29 is 9.18 Å². The maximum absolute atomic E-state index is 13.0. The third kappa shape index (κ3) is 3.10. The molecule has 116 valence electrons. The summed E-state index contributed by atoms with van der Waals surface area (Å²) in [5.41, 5.74) is 2.04. The largest absolute Gasteiger partial charge is 0.322 e. The van der Waals surface area contributed by atoms with Crippen molar-refractivity contribution in [2.24, 2.45) is 0 Å². The fourth-order valence-electron chi connectivity index (χ4n) is 2.23. The van der Waals surface area contributed by atoms with Gasteiger partial charge in [-0.25, -0.2) is 9.07 Å². The Labute approximate surface area is 137 Å². The lowest BCUT2D eigenvalue weighted by Crippen LogP contribution is -2.13. The Morgan fingerprint density at radius 1 is 1.13 bits per heavy atom. The minimum absolute atomic E-state index is 0.183. The summed E-state index contributed by atoms with van der Waals surface area (Å²) in [4.78, 5) is 12.4. The number of carbonyl (C=O) groups excluding carboxylic acids is 1. The van der Waals surface area contributed by atoms with E-state index in [1.54, 1.807) is 31.2 Å². The lowest BCUT2D eigenvalue weighted by molar-refractivity contribution is 0.102. The quantitative estimate of drug-likeness (QED) is 0.781. The molecule has 1 aromatic heterocycles. The third-order valence-electron chi connectivity index (χ3n) is 3.33. The van der Waals surface area contributed by atoms with Gasteiger partial charge in [0.25, 0.3) is 5.91 Å².